The fourth-order valence-corrected chi connectivity index (χ4v) is 6.13. The fraction of sp³-hybridized carbons (Fsp3) is 0.448. The number of nitrogens with one attached hydrogen (secondary N) is 2. The second-order valence-corrected chi connectivity index (χ2v) is 11.8. The van der Waals surface area contributed by atoms with Gasteiger partial charge in [0, 0.05) is 25.3 Å². The monoisotopic (exact) mass is 603 g/mol. The van der Waals surface area contributed by atoms with E-state index in [9.17, 15) is 24.3 Å². The van der Waals surface area contributed by atoms with Gasteiger partial charge in [0.15, 0.2) is 0 Å². The average Bonchev–Trinajstić information content (AvgIpc) is 3.17. The topological polar surface area (TPSA) is 122 Å². The Kier molecular flexibility index (Phi) is 9.34. The predicted molar refractivity (Wildman–Crippen MR) is 157 cm³/mol. The molecule has 3 N–H and O–H groups in total. The Hall–Kier alpha value is -3.50. The second kappa shape index (κ2) is 12.6. The summed E-state index contributed by atoms with van der Waals surface area (Å²) in [5.41, 5.74) is 0.152. The van der Waals surface area contributed by atoms with Gasteiger partial charge in [-0.2, -0.15) is 0 Å². The number of nitrogens with zero attached hydrogens (tertiary/aromatic N) is 3. The van der Waals surface area contributed by atoms with E-state index >= 15 is 0 Å². The van der Waals surface area contributed by atoms with Crippen molar-refractivity contribution in [3.8, 4) is 0 Å². The van der Waals surface area contributed by atoms with Gasteiger partial charge >= 0.3 is 12.0 Å². The molecule has 2 aliphatic rings. The number of amides is 4. The quantitative estimate of drug-likeness (QED) is 0.418. The van der Waals surface area contributed by atoms with Crippen molar-refractivity contribution in [2.45, 2.75) is 51.2 Å². The number of likely N-dealkylation sites (tertiary alicyclic amines) is 1. The number of anilines is 1. The molecule has 2 aromatic carbocycles. The Morgan fingerprint density at radius 1 is 0.951 bits per heavy atom. The van der Waals surface area contributed by atoms with Gasteiger partial charge in [0.05, 0.1) is 28.3 Å². The molecule has 2 aromatic rings. The highest BCUT2D eigenvalue weighted by Crippen LogP contribution is 2.39. The molecule has 2 aliphatic heterocycles. The zero-order chi connectivity index (χ0) is 29.9. The summed E-state index contributed by atoms with van der Waals surface area (Å²) < 4.78 is 0. The average molecular weight is 605 g/mol. The van der Waals surface area contributed by atoms with Crippen LogP contribution in [0.3, 0.4) is 0 Å². The van der Waals surface area contributed by atoms with Gasteiger partial charge in [-0.05, 0) is 49.9 Å². The maximum atomic E-state index is 13.7. The number of hydrogen-bond donors (Lipinski definition) is 3. The number of hydrogen-bond acceptors (Lipinski definition) is 5. The molecular weight excluding hydrogens is 569 g/mol. The van der Waals surface area contributed by atoms with Crippen LogP contribution in [0.25, 0.3) is 0 Å². The Morgan fingerprint density at radius 2 is 1.56 bits per heavy atom. The summed E-state index contributed by atoms with van der Waals surface area (Å²) in [6, 6.07) is 11.5. The Balaban J connectivity index is 1.43. The zero-order valence-corrected chi connectivity index (χ0v) is 24.8. The second-order valence-electron chi connectivity index (χ2n) is 11.0. The van der Waals surface area contributed by atoms with Crippen LogP contribution >= 0.6 is 23.2 Å². The van der Waals surface area contributed by atoms with E-state index in [1.165, 1.54) is 19.1 Å². The first-order valence-corrected chi connectivity index (χ1v) is 14.4. The summed E-state index contributed by atoms with van der Waals surface area (Å²) in [4.78, 5) is 57.4. The number of piperidine rings is 1. The van der Waals surface area contributed by atoms with Crippen LogP contribution in [0, 0.1) is 5.92 Å². The molecule has 2 saturated heterocycles. The molecule has 0 saturated carbocycles. The third-order valence-electron chi connectivity index (χ3n) is 7.64. The van der Waals surface area contributed by atoms with Crippen molar-refractivity contribution >= 4 is 52.7 Å². The third kappa shape index (κ3) is 6.38. The van der Waals surface area contributed by atoms with Crippen molar-refractivity contribution < 1.29 is 24.3 Å². The number of carbonyl (C=O) groups excluding carboxylic acids is 3. The molecule has 4 amide bonds. The fourth-order valence-electron chi connectivity index (χ4n) is 5.56. The van der Waals surface area contributed by atoms with E-state index in [1.807, 2.05) is 35.2 Å². The number of urea groups is 1. The number of benzene rings is 2. The van der Waals surface area contributed by atoms with Crippen molar-refractivity contribution in [3.05, 3.63) is 64.1 Å². The molecule has 4 rings (SSSR count). The Morgan fingerprint density at radius 3 is 2.12 bits per heavy atom. The number of carbonyl (C=O) groups is 4. The van der Waals surface area contributed by atoms with Gasteiger partial charge in [-0.25, -0.2) is 9.59 Å². The smallest absolute Gasteiger partial charge is 0.328 e. The minimum absolute atomic E-state index is 0.0438. The molecular formula is C29H35Cl2N5O5. The van der Waals surface area contributed by atoms with Gasteiger partial charge in [0.1, 0.15) is 11.6 Å². The van der Waals surface area contributed by atoms with Crippen LogP contribution in [-0.4, -0.2) is 82.6 Å². The van der Waals surface area contributed by atoms with E-state index in [0.29, 0.717) is 45.1 Å². The van der Waals surface area contributed by atoms with E-state index in [2.05, 4.69) is 29.4 Å². The SMILES string of the molecule is CC(C)CN1CN(c2ccccc2)C2(CCN(C(=O)NC(C)C(NC(=O)c3c(Cl)cccc3Cl)C(=O)O)CC2)C1=O. The largest absolute Gasteiger partial charge is 0.480 e. The van der Waals surface area contributed by atoms with Crippen molar-refractivity contribution in [3.63, 3.8) is 0 Å². The number of halogens is 2. The first-order chi connectivity index (χ1) is 19.4. The highest BCUT2D eigenvalue weighted by atomic mass is 35.5. The molecule has 41 heavy (non-hydrogen) atoms. The lowest BCUT2D eigenvalue weighted by Crippen LogP contribution is -2.61. The van der Waals surface area contributed by atoms with Gasteiger partial charge in [-0.1, -0.05) is 61.3 Å². The molecule has 2 heterocycles. The maximum Gasteiger partial charge on any atom is 0.328 e. The zero-order valence-electron chi connectivity index (χ0n) is 23.3. The highest BCUT2D eigenvalue weighted by molar-refractivity contribution is 6.39. The molecule has 2 unspecified atom stereocenters. The van der Waals surface area contributed by atoms with Crippen LogP contribution < -0.4 is 15.5 Å². The Labute approximate surface area is 249 Å². The van der Waals surface area contributed by atoms with Crippen molar-refractivity contribution in [1.29, 1.82) is 0 Å². The lowest BCUT2D eigenvalue weighted by Gasteiger charge is -2.43. The molecule has 10 nitrogen and oxygen atoms in total. The Bertz CT molecular complexity index is 1280. The van der Waals surface area contributed by atoms with Crippen LogP contribution in [0.1, 0.15) is 44.0 Å². The lowest BCUT2D eigenvalue weighted by atomic mass is 9.85. The van der Waals surface area contributed by atoms with E-state index < -0.39 is 35.5 Å². The summed E-state index contributed by atoms with van der Waals surface area (Å²) in [6.07, 6.45) is 0.864. The summed E-state index contributed by atoms with van der Waals surface area (Å²) in [6.45, 7) is 7.40. The molecule has 12 heteroatoms. The van der Waals surface area contributed by atoms with Crippen molar-refractivity contribution in [2.75, 3.05) is 31.2 Å². The van der Waals surface area contributed by atoms with Gasteiger partial charge in [-0.3, -0.25) is 9.59 Å². The number of carboxylic acid groups (broad SMARTS) is 1. The maximum absolute atomic E-state index is 13.7. The molecule has 0 bridgehead atoms. The van der Waals surface area contributed by atoms with Crippen LogP contribution in [0.4, 0.5) is 10.5 Å². The van der Waals surface area contributed by atoms with E-state index in [0.717, 1.165) is 5.69 Å². The minimum atomic E-state index is -1.44. The van der Waals surface area contributed by atoms with Crippen LogP contribution in [-0.2, 0) is 9.59 Å². The van der Waals surface area contributed by atoms with E-state index in [1.54, 1.807) is 11.0 Å². The number of para-hydroxylation sites is 1. The highest BCUT2D eigenvalue weighted by Gasteiger charge is 2.54. The summed E-state index contributed by atoms with van der Waals surface area (Å²) in [5.74, 6) is -1.71. The van der Waals surface area contributed by atoms with Crippen LogP contribution in [0.5, 0.6) is 0 Å². The predicted octanol–water partition coefficient (Wildman–Crippen LogP) is 4.07. The third-order valence-corrected chi connectivity index (χ3v) is 8.27. The first kappa shape index (κ1) is 30.5. The van der Waals surface area contributed by atoms with E-state index in [-0.39, 0.29) is 21.5 Å². The summed E-state index contributed by atoms with van der Waals surface area (Å²) in [5, 5.41) is 15.1. The van der Waals surface area contributed by atoms with Crippen LogP contribution in [0.2, 0.25) is 10.0 Å². The normalized spacial score (nSPS) is 18.0. The summed E-state index contributed by atoms with van der Waals surface area (Å²) >= 11 is 12.2. The summed E-state index contributed by atoms with van der Waals surface area (Å²) in [7, 11) is 0. The standard InChI is InChI=1S/C29H35Cl2N5O5/c1-18(2)16-35-17-36(20-8-5-4-6-9-20)29(27(35)40)12-14-34(15-13-29)28(41)32-19(3)24(26(38)39)33-25(37)23-21(30)10-7-11-22(23)31/h4-11,18-19,24H,12-17H2,1-3H3,(H,32,41)(H,33,37)(H,38,39). The van der Waals surface area contributed by atoms with Crippen molar-refractivity contribution in [2.24, 2.45) is 5.92 Å². The van der Waals surface area contributed by atoms with Gasteiger partial charge in [0.2, 0.25) is 5.91 Å². The van der Waals surface area contributed by atoms with Gasteiger partial charge < -0.3 is 30.4 Å². The van der Waals surface area contributed by atoms with Gasteiger partial charge in [-0.15, -0.1) is 0 Å². The van der Waals surface area contributed by atoms with Crippen molar-refractivity contribution in [1.82, 2.24) is 20.4 Å². The molecule has 2 fully saturated rings. The molecule has 0 radical (unpaired) electrons. The molecule has 220 valence electrons. The molecule has 2 atom stereocenters. The molecule has 0 aromatic heterocycles. The first-order valence-electron chi connectivity index (χ1n) is 13.6. The number of carboxylic acids is 1. The van der Waals surface area contributed by atoms with Crippen LogP contribution in [0.15, 0.2) is 48.5 Å². The molecule has 0 aliphatic carbocycles. The minimum Gasteiger partial charge on any atom is -0.480 e. The number of rotatable bonds is 8. The van der Waals surface area contributed by atoms with E-state index in [4.69, 9.17) is 23.2 Å². The molecule has 1 spiro atoms. The lowest BCUT2D eigenvalue weighted by molar-refractivity contribution is -0.140. The van der Waals surface area contributed by atoms with Gasteiger partial charge in [0.25, 0.3) is 5.91 Å². The number of aliphatic carboxylic acids is 1.